The van der Waals surface area contributed by atoms with Gasteiger partial charge in [-0.2, -0.15) is 5.10 Å². The van der Waals surface area contributed by atoms with Crippen molar-refractivity contribution in [3.05, 3.63) is 36.0 Å². The Labute approximate surface area is 130 Å². The number of rotatable bonds is 5. The lowest BCUT2D eigenvalue weighted by Crippen LogP contribution is -2.30. The Morgan fingerprint density at radius 3 is 2.64 bits per heavy atom. The number of Topliss-reactive ketones (excluding diaryl/α,β-unsaturated/α-hetero) is 1. The van der Waals surface area contributed by atoms with Crippen molar-refractivity contribution >= 4 is 28.3 Å². The van der Waals surface area contributed by atoms with Crippen molar-refractivity contribution in [3.63, 3.8) is 0 Å². The molecular formula is C17H21N3O2. The first kappa shape index (κ1) is 15.9. The molecule has 116 valence electrons. The number of ketones is 1. The molecule has 0 bridgehead atoms. The SMILES string of the molecule is CCCC(C)=NN(C)C(=O)C(=O)c1cn(C)c2ccccc12. The number of aromatic nitrogens is 1. The maximum Gasteiger partial charge on any atom is 0.314 e. The van der Waals surface area contributed by atoms with Crippen LogP contribution in [0.5, 0.6) is 0 Å². The standard InChI is InChI=1S/C17H21N3O2/c1-5-8-12(2)18-20(4)17(22)16(21)14-11-19(3)15-10-7-6-9-13(14)15/h6-7,9-11H,5,8H2,1-4H3. The second kappa shape index (κ2) is 6.56. The van der Waals surface area contributed by atoms with Gasteiger partial charge in [-0.05, 0) is 19.4 Å². The summed E-state index contributed by atoms with van der Waals surface area (Å²) in [5.41, 5.74) is 2.18. The molecule has 0 aliphatic carbocycles. The molecular weight excluding hydrogens is 278 g/mol. The number of amides is 1. The van der Waals surface area contributed by atoms with Crippen molar-refractivity contribution in [1.29, 1.82) is 0 Å². The molecule has 1 aromatic carbocycles. The minimum atomic E-state index is -0.619. The minimum absolute atomic E-state index is 0.415. The number of hydrogen-bond acceptors (Lipinski definition) is 3. The fraction of sp³-hybridized carbons (Fsp3) is 0.353. The Kier molecular flexibility index (Phi) is 4.75. The number of para-hydroxylation sites is 1. The fourth-order valence-electron chi connectivity index (χ4n) is 2.50. The number of hydrazone groups is 1. The summed E-state index contributed by atoms with van der Waals surface area (Å²) in [5, 5.41) is 6.09. The highest BCUT2D eigenvalue weighted by Gasteiger charge is 2.24. The van der Waals surface area contributed by atoms with Crippen LogP contribution in [-0.2, 0) is 11.8 Å². The topological polar surface area (TPSA) is 54.7 Å². The molecule has 0 aliphatic rings. The number of carbonyl (C=O) groups is 2. The van der Waals surface area contributed by atoms with Gasteiger partial charge in [-0.15, -0.1) is 0 Å². The average Bonchev–Trinajstić information content (AvgIpc) is 2.83. The third kappa shape index (κ3) is 3.08. The van der Waals surface area contributed by atoms with Crippen molar-refractivity contribution < 1.29 is 9.59 Å². The first-order chi connectivity index (χ1) is 10.5. The van der Waals surface area contributed by atoms with E-state index in [2.05, 4.69) is 5.10 Å². The number of benzene rings is 1. The van der Waals surface area contributed by atoms with Crippen molar-refractivity contribution in [1.82, 2.24) is 9.58 Å². The van der Waals surface area contributed by atoms with Crippen molar-refractivity contribution in [2.45, 2.75) is 26.7 Å². The summed E-state index contributed by atoms with van der Waals surface area (Å²) in [5.74, 6) is -1.15. The zero-order chi connectivity index (χ0) is 16.3. The van der Waals surface area contributed by atoms with Gasteiger partial charge in [-0.1, -0.05) is 31.5 Å². The fourth-order valence-corrected chi connectivity index (χ4v) is 2.50. The smallest absolute Gasteiger partial charge is 0.314 e. The number of aryl methyl sites for hydroxylation is 1. The predicted octanol–water partition coefficient (Wildman–Crippen LogP) is 3.00. The van der Waals surface area contributed by atoms with E-state index in [0.29, 0.717) is 5.56 Å². The Balaban J connectivity index is 2.30. The van der Waals surface area contributed by atoms with E-state index in [1.807, 2.05) is 49.7 Å². The van der Waals surface area contributed by atoms with Gasteiger partial charge in [-0.25, -0.2) is 5.01 Å². The summed E-state index contributed by atoms with van der Waals surface area (Å²) in [6, 6.07) is 7.53. The van der Waals surface area contributed by atoms with Gasteiger partial charge in [0.15, 0.2) is 0 Å². The maximum absolute atomic E-state index is 12.5. The second-order valence-corrected chi connectivity index (χ2v) is 5.41. The highest BCUT2D eigenvalue weighted by Crippen LogP contribution is 2.21. The molecule has 1 aromatic heterocycles. The summed E-state index contributed by atoms with van der Waals surface area (Å²) in [7, 11) is 3.38. The van der Waals surface area contributed by atoms with Crippen LogP contribution in [0.15, 0.2) is 35.6 Å². The predicted molar refractivity (Wildman–Crippen MR) is 88.0 cm³/mol. The second-order valence-electron chi connectivity index (χ2n) is 5.41. The zero-order valence-electron chi connectivity index (χ0n) is 13.5. The van der Waals surface area contributed by atoms with E-state index in [4.69, 9.17) is 0 Å². The Hall–Kier alpha value is -2.43. The van der Waals surface area contributed by atoms with Crippen LogP contribution in [0.1, 0.15) is 37.0 Å². The molecule has 0 spiro atoms. The highest BCUT2D eigenvalue weighted by molar-refractivity contribution is 6.44. The molecule has 22 heavy (non-hydrogen) atoms. The highest BCUT2D eigenvalue weighted by atomic mass is 16.2. The molecule has 0 saturated heterocycles. The van der Waals surface area contributed by atoms with Gasteiger partial charge >= 0.3 is 5.91 Å². The minimum Gasteiger partial charge on any atom is -0.350 e. The number of carbonyl (C=O) groups excluding carboxylic acids is 2. The van der Waals surface area contributed by atoms with E-state index in [0.717, 1.165) is 34.5 Å². The molecule has 0 atom stereocenters. The first-order valence-electron chi connectivity index (χ1n) is 7.36. The normalized spacial score (nSPS) is 11.7. The van der Waals surface area contributed by atoms with Crippen LogP contribution in [0.2, 0.25) is 0 Å². The number of nitrogens with zero attached hydrogens (tertiary/aromatic N) is 3. The van der Waals surface area contributed by atoms with Crippen LogP contribution in [0.3, 0.4) is 0 Å². The summed E-state index contributed by atoms with van der Waals surface area (Å²) >= 11 is 0. The van der Waals surface area contributed by atoms with E-state index in [1.54, 1.807) is 6.20 Å². The Bertz CT molecular complexity index is 743. The molecule has 1 amide bonds. The Morgan fingerprint density at radius 1 is 1.27 bits per heavy atom. The average molecular weight is 299 g/mol. The van der Waals surface area contributed by atoms with Crippen molar-refractivity contribution in [2.24, 2.45) is 12.1 Å². The van der Waals surface area contributed by atoms with Gasteiger partial charge in [-0.3, -0.25) is 9.59 Å². The van der Waals surface area contributed by atoms with E-state index < -0.39 is 11.7 Å². The lowest BCUT2D eigenvalue weighted by atomic mass is 10.1. The Morgan fingerprint density at radius 2 is 1.95 bits per heavy atom. The van der Waals surface area contributed by atoms with Gasteiger partial charge in [0.1, 0.15) is 0 Å². The summed E-state index contributed by atoms with van der Waals surface area (Å²) in [6.07, 6.45) is 3.45. The molecule has 0 fully saturated rings. The van der Waals surface area contributed by atoms with Crippen LogP contribution in [0, 0.1) is 0 Å². The van der Waals surface area contributed by atoms with E-state index in [9.17, 15) is 9.59 Å². The summed E-state index contributed by atoms with van der Waals surface area (Å²) < 4.78 is 1.85. The lowest BCUT2D eigenvalue weighted by Gasteiger charge is -2.11. The molecule has 0 radical (unpaired) electrons. The van der Waals surface area contributed by atoms with Crippen LogP contribution >= 0.6 is 0 Å². The number of hydrogen-bond donors (Lipinski definition) is 0. The number of likely N-dealkylation sites (N-methyl/N-ethyl adjacent to an activating group) is 1. The van der Waals surface area contributed by atoms with Gasteiger partial charge in [0.05, 0.1) is 5.56 Å². The zero-order valence-corrected chi connectivity index (χ0v) is 13.5. The summed E-state index contributed by atoms with van der Waals surface area (Å²) in [6.45, 7) is 3.90. The van der Waals surface area contributed by atoms with E-state index >= 15 is 0 Å². The maximum atomic E-state index is 12.5. The molecule has 0 aliphatic heterocycles. The van der Waals surface area contributed by atoms with Crippen molar-refractivity contribution in [2.75, 3.05) is 7.05 Å². The molecule has 5 heteroatoms. The molecule has 1 heterocycles. The molecule has 5 nitrogen and oxygen atoms in total. The molecule has 0 N–H and O–H groups in total. The monoisotopic (exact) mass is 299 g/mol. The van der Waals surface area contributed by atoms with Crippen LogP contribution in [0.4, 0.5) is 0 Å². The van der Waals surface area contributed by atoms with Crippen LogP contribution < -0.4 is 0 Å². The van der Waals surface area contributed by atoms with Gasteiger partial charge in [0, 0.05) is 36.9 Å². The van der Waals surface area contributed by atoms with Gasteiger partial charge in [0.2, 0.25) is 0 Å². The molecule has 0 saturated carbocycles. The quantitative estimate of drug-likeness (QED) is 0.369. The van der Waals surface area contributed by atoms with Gasteiger partial charge < -0.3 is 4.57 Å². The largest absolute Gasteiger partial charge is 0.350 e. The molecule has 2 aromatic rings. The number of fused-ring (bicyclic) bond motifs is 1. The van der Waals surface area contributed by atoms with Crippen LogP contribution in [-0.4, -0.2) is 34.0 Å². The lowest BCUT2D eigenvalue weighted by molar-refractivity contribution is -0.125. The molecule has 2 rings (SSSR count). The van der Waals surface area contributed by atoms with Crippen molar-refractivity contribution in [3.8, 4) is 0 Å². The first-order valence-corrected chi connectivity index (χ1v) is 7.36. The van der Waals surface area contributed by atoms with Gasteiger partial charge in [0.25, 0.3) is 5.78 Å². The summed E-state index contributed by atoms with van der Waals surface area (Å²) in [4.78, 5) is 24.8. The third-order valence-electron chi connectivity index (χ3n) is 3.56. The van der Waals surface area contributed by atoms with E-state index in [-0.39, 0.29) is 0 Å². The van der Waals surface area contributed by atoms with Crippen LogP contribution in [0.25, 0.3) is 10.9 Å². The third-order valence-corrected chi connectivity index (χ3v) is 3.56. The molecule has 0 unspecified atom stereocenters. The van der Waals surface area contributed by atoms with E-state index in [1.165, 1.54) is 7.05 Å².